The van der Waals surface area contributed by atoms with Gasteiger partial charge in [0.15, 0.2) is 17.6 Å². The topological polar surface area (TPSA) is 57.2 Å². The summed E-state index contributed by atoms with van der Waals surface area (Å²) < 4.78 is 22.7. The van der Waals surface area contributed by atoms with Crippen LogP contribution in [-0.2, 0) is 4.74 Å². The fourth-order valence-electron chi connectivity index (χ4n) is 3.11. The molecule has 6 nitrogen and oxygen atoms in total. The Kier molecular flexibility index (Phi) is 4.47. The summed E-state index contributed by atoms with van der Waals surface area (Å²) in [4.78, 5) is 14.2. The van der Waals surface area contributed by atoms with Gasteiger partial charge in [-0.2, -0.15) is 0 Å². The third-order valence-electron chi connectivity index (χ3n) is 4.19. The monoisotopic (exact) mass is 335 g/mol. The normalized spacial score (nSPS) is 23.1. The molecule has 2 heterocycles. The van der Waals surface area contributed by atoms with Gasteiger partial charge in [0.25, 0.3) is 0 Å². The maximum atomic E-state index is 12.4. The fraction of sp³-hybridized carbons (Fsp3) is 0.611. The molecule has 132 valence electrons. The maximum Gasteiger partial charge on any atom is 0.410 e. The van der Waals surface area contributed by atoms with Crippen molar-refractivity contribution >= 4 is 6.09 Å². The van der Waals surface area contributed by atoms with Gasteiger partial charge in [0.1, 0.15) is 18.0 Å². The number of methoxy groups -OCH3 is 1. The van der Waals surface area contributed by atoms with Crippen molar-refractivity contribution in [3.05, 3.63) is 18.2 Å². The summed E-state index contributed by atoms with van der Waals surface area (Å²) in [5.41, 5.74) is -0.506. The van der Waals surface area contributed by atoms with Crippen LogP contribution in [0.15, 0.2) is 18.2 Å². The largest absolute Gasteiger partial charge is 0.497 e. The van der Waals surface area contributed by atoms with Crippen molar-refractivity contribution in [1.82, 2.24) is 4.90 Å². The molecule has 0 unspecified atom stereocenters. The van der Waals surface area contributed by atoms with E-state index in [2.05, 4.69) is 0 Å². The fourth-order valence-corrected chi connectivity index (χ4v) is 3.11. The highest BCUT2D eigenvalue weighted by Crippen LogP contribution is 2.37. The number of benzene rings is 1. The van der Waals surface area contributed by atoms with Crippen LogP contribution in [0, 0.1) is 0 Å². The molecule has 2 atom stereocenters. The highest BCUT2D eigenvalue weighted by molar-refractivity contribution is 5.69. The third kappa shape index (κ3) is 3.52. The van der Waals surface area contributed by atoms with Crippen LogP contribution < -0.4 is 14.2 Å². The van der Waals surface area contributed by atoms with Crippen molar-refractivity contribution in [1.29, 1.82) is 0 Å². The Labute approximate surface area is 142 Å². The number of amides is 1. The van der Waals surface area contributed by atoms with Crippen LogP contribution in [0.5, 0.6) is 17.2 Å². The molecular weight excluding hydrogens is 310 g/mol. The molecule has 0 spiro atoms. The molecule has 2 aliphatic rings. The molecule has 1 saturated heterocycles. The summed E-state index contributed by atoms with van der Waals surface area (Å²) in [6.07, 6.45) is 1.33. The molecule has 0 saturated carbocycles. The molecule has 0 radical (unpaired) electrons. The quantitative estimate of drug-likeness (QED) is 0.830. The number of nitrogens with zero attached hydrogens (tertiary/aromatic N) is 1. The summed E-state index contributed by atoms with van der Waals surface area (Å²) in [7, 11) is 1.62. The minimum absolute atomic E-state index is 0.0424. The van der Waals surface area contributed by atoms with Gasteiger partial charge < -0.3 is 23.8 Å². The highest BCUT2D eigenvalue weighted by Gasteiger charge is 2.40. The minimum atomic E-state index is -0.506. The molecule has 0 aromatic heterocycles. The number of fused-ring (bicyclic) bond motifs is 1. The summed E-state index contributed by atoms with van der Waals surface area (Å²) >= 11 is 0. The predicted octanol–water partition coefficient (Wildman–Crippen LogP) is 3.23. The number of rotatable bonds is 2. The van der Waals surface area contributed by atoms with Crippen molar-refractivity contribution in [3.63, 3.8) is 0 Å². The van der Waals surface area contributed by atoms with E-state index >= 15 is 0 Å². The standard InChI is InChI=1S/C18H25NO5/c1-18(2,3)24-17(20)19-9-5-6-13(19)16-11-22-14-8-7-12(21-4)10-15(14)23-16/h7-8,10,13,16H,5-6,9,11H2,1-4H3/t13-,16+/m0/s1. The van der Waals surface area contributed by atoms with Crippen molar-refractivity contribution in [2.75, 3.05) is 20.3 Å². The Morgan fingerprint density at radius 1 is 1.29 bits per heavy atom. The molecule has 1 aromatic carbocycles. The molecule has 2 aliphatic heterocycles. The zero-order valence-electron chi connectivity index (χ0n) is 14.7. The molecular formula is C18H25NO5. The van der Waals surface area contributed by atoms with Gasteiger partial charge in [-0.25, -0.2) is 4.79 Å². The van der Waals surface area contributed by atoms with Gasteiger partial charge in [0, 0.05) is 12.6 Å². The van der Waals surface area contributed by atoms with Gasteiger partial charge in [0.2, 0.25) is 0 Å². The van der Waals surface area contributed by atoms with Crippen LogP contribution in [0.3, 0.4) is 0 Å². The number of carbonyl (C=O) groups is 1. The molecule has 0 N–H and O–H groups in total. The Bertz CT molecular complexity index is 610. The number of hydrogen-bond donors (Lipinski definition) is 0. The van der Waals surface area contributed by atoms with E-state index in [1.165, 1.54) is 0 Å². The Balaban J connectivity index is 1.73. The number of carbonyl (C=O) groups excluding carboxylic acids is 1. The lowest BCUT2D eigenvalue weighted by molar-refractivity contribution is -0.00466. The first-order valence-corrected chi connectivity index (χ1v) is 8.34. The second-order valence-corrected chi connectivity index (χ2v) is 7.16. The van der Waals surface area contributed by atoms with E-state index in [4.69, 9.17) is 18.9 Å². The maximum absolute atomic E-state index is 12.4. The number of likely N-dealkylation sites (tertiary alicyclic amines) is 1. The predicted molar refractivity (Wildman–Crippen MR) is 88.9 cm³/mol. The van der Waals surface area contributed by atoms with Crippen molar-refractivity contribution in [3.8, 4) is 17.2 Å². The van der Waals surface area contributed by atoms with Gasteiger partial charge >= 0.3 is 6.09 Å². The average molecular weight is 335 g/mol. The summed E-state index contributed by atoms with van der Waals surface area (Å²) in [6.45, 7) is 6.73. The van der Waals surface area contributed by atoms with Gasteiger partial charge in [-0.1, -0.05) is 0 Å². The lowest BCUT2D eigenvalue weighted by Crippen LogP contribution is -2.50. The van der Waals surface area contributed by atoms with Crippen LogP contribution in [-0.4, -0.2) is 49.0 Å². The Hall–Kier alpha value is -2.11. The lowest BCUT2D eigenvalue weighted by Gasteiger charge is -2.35. The second kappa shape index (κ2) is 6.42. The van der Waals surface area contributed by atoms with E-state index in [9.17, 15) is 4.79 Å². The van der Waals surface area contributed by atoms with Crippen LogP contribution >= 0.6 is 0 Å². The van der Waals surface area contributed by atoms with Crippen LogP contribution in [0.4, 0.5) is 4.79 Å². The van der Waals surface area contributed by atoms with Gasteiger partial charge in [0.05, 0.1) is 13.2 Å². The first kappa shape index (κ1) is 16.7. The molecule has 3 rings (SSSR count). The molecule has 1 amide bonds. The van der Waals surface area contributed by atoms with E-state index < -0.39 is 5.60 Å². The van der Waals surface area contributed by atoms with E-state index in [1.807, 2.05) is 39.0 Å². The zero-order chi connectivity index (χ0) is 17.3. The Morgan fingerprint density at radius 2 is 2.08 bits per heavy atom. The zero-order valence-corrected chi connectivity index (χ0v) is 14.7. The van der Waals surface area contributed by atoms with Crippen LogP contribution in [0.2, 0.25) is 0 Å². The summed E-state index contributed by atoms with van der Waals surface area (Å²) in [5.74, 6) is 2.07. The van der Waals surface area contributed by atoms with E-state index in [1.54, 1.807) is 12.0 Å². The van der Waals surface area contributed by atoms with Crippen molar-refractivity contribution < 1.29 is 23.7 Å². The van der Waals surface area contributed by atoms with Crippen LogP contribution in [0.25, 0.3) is 0 Å². The number of ether oxygens (including phenoxy) is 4. The minimum Gasteiger partial charge on any atom is -0.497 e. The van der Waals surface area contributed by atoms with E-state index in [0.29, 0.717) is 30.4 Å². The molecule has 0 bridgehead atoms. The summed E-state index contributed by atoms with van der Waals surface area (Å²) in [6, 6.07) is 5.45. The van der Waals surface area contributed by atoms with Gasteiger partial charge in [-0.15, -0.1) is 0 Å². The molecule has 1 aromatic rings. The van der Waals surface area contributed by atoms with Crippen molar-refractivity contribution in [2.24, 2.45) is 0 Å². The smallest absolute Gasteiger partial charge is 0.410 e. The molecule has 1 fully saturated rings. The lowest BCUT2D eigenvalue weighted by atomic mass is 10.1. The van der Waals surface area contributed by atoms with E-state index in [0.717, 1.165) is 12.8 Å². The first-order chi connectivity index (χ1) is 11.4. The van der Waals surface area contributed by atoms with Gasteiger partial charge in [-0.3, -0.25) is 0 Å². The van der Waals surface area contributed by atoms with Gasteiger partial charge in [-0.05, 0) is 45.7 Å². The molecule has 6 heteroatoms. The van der Waals surface area contributed by atoms with Crippen molar-refractivity contribution in [2.45, 2.75) is 51.4 Å². The number of hydrogen-bond acceptors (Lipinski definition) is 5. The first-order valence-electron chi connectivity index (χ1n) is 8.34. The van der Waals surface area contributed by atoms with E-state index in [-0.39, 0.29) is 18.2 Å². The third-order valence-corrected chi connectivity index (χ3v) is 4.19. The molecule has 0 aliphatic carbocycles. The highest BCUT2D eigenvalue weighted by atomic mass is 16.6. The second-order valence-electron chi connectivity index (χ2n) is 7.16. The summed E-state index contributed by atoms with van der Waals surface area (Å²) in [5, 5.41) is 0. The molecule has 24 heavy (non-hydrogen) atoms. The average Bonchev–Trinajstić information content (AvgIpc) is 3.02. The Morgan fingerprint density at radius 3 is 2.79 bits per heavy atom. The van der Waals surface area contributed by atoms with Crippen LogP contribution in [0.1, 0.15) is 33.6 Å². The SMILES string of the molecule is COc1ccc2c(c1)O[C@@H]([C@@H]1CCCN1C(=O)OC(C)(C)C)CO2.